The topological polar surface area (TPSA) is 29.6 Å². The van der Waals surface area contributed by atoms with E-state index in [0.717, 1.165) is 21.6 Å². The molecule has 2 aromatic carbocycles. The van der Waals surface area contributed by atoms with Crippen molar-refractivity contribution in [2.75, 3.05) is 13.3 Å². The van der Waals surface area contributed by atoms with Gasteiger partial charge in [-0.2, -0.15) is 5.10 Å². The predicted molar refractivity (Wildman–Crippen MR) is 110 cm³/mol. The summed E-state index contributed by atoms with van der Waals surface area (Å²) in [6.45, 7) is 0. The second-order valence-electron chi connectivity index (χ2n) is 5.09. The molecule has 0 amide bonds. The Morgan fingerprint density at radius 1 is 1.08 bits per heavy atom. The van der Waals surface area contributed by atoms with Crippen molar-refractivity contribution in [1.29, 1.82) is 0 Å². The first-order valence-corrected chi connectivity index (χ1v) is 10.3. The Morgan fingerprint density at radius 3 is 2.48 bits per heavy atom. The van der Waals surface area contributed by atoms with Gasteiger partial charge < -0.3 is 0 Å². The Hall–Kier alpha value is -1.53. The third-order valence-electron chi connectivity index (χ3n) is 3.53. The Bertz CT molecular complexity index is 973. The Kier molecular flexibility index (Phi) is 6.02. The number of hydrogen-bond donors (Lipinski definition) is 0. The lowest BCUT2D eigenvalue weighted by atomic mass is 10.2. The molecular formula is C18H15Cl2N3S2. The first kappa shape index (κ1) is 18.3. The van der Waals surface area contributed by atoms with Crippen LogP contribution in [0.5, 0.6) is 0 Å². The van der Waals surface area contributed by atoms with Gasteiger partial charge in [-0.3, -0.25) is 4.99 Å². The molecule has 1 heterocycles. The second-order valence-corrected chi connectivity index (χ2v) is 7.62. The average Bonchev–Trinajstić information content (AvgIpc) is 3.05. The van der Waals surface area contributed by atoms with Gasteiger partial charge in [-0.1, -0.05) is 41.4 Å². The maximum absolute atomic E-state index is 6.16. The molecule has 0 aliphatic heterocycles. The lowest BCUT2D eigenvalue weighted by molar-refractivity contribution is 0.848. The van der Waals surface area contributed by atoms with E-state index in [9.17, 15) is 0 Å². The largest absolute Gasteiger partial charge is 0.261 e. The Morgan fingerprint density at radius 2 is 1.84 bits per heavy atom. The van der Waals surface area contributed by atoms with Crippen LogP contribution < -0.4 is 4.80 Å². The lowest BCUT2D eigenvalue weighted by Crippen LogP contribution is -2.11. The van der Waals surface area contributed by atoms with Crippen LogP contribution >= 0.6 is 46.3 Å². The number of thiazole rings is 1. The van der Waals surface area contributed by atoms with E-state index in [4.69, 9.17) is 23.2 Å². The summed E-state index contributed by atoms with van der Waals surface area (Å²) in [5.74, 6) is 0. The van der Waals surface area contributed by atoms with E-state index in [1.807, 2.05) is 40.5 Å². The van der Waals surface area contributed by atoms with Crippen LogP contribution in [0.4, 0.5) is 0 Å². The summed E-state index contributed by atoms with van der Waals surface area (Å²) in [6.07, 6.45) is 3.88. The maximum atomic E-state index is 6.16. The molecule has 25 heavy (non-hydrogen) atoms. The summed E-state index contributed by atoms with van der Waals surface area (Å²) in [4.78, 5) is 6.33. The van der Waals surface area contributed by atoms with Crippen molar-refractivity contribution in [3.05, 3.63) is 68.3 Å². The lowest BCUT2D eigenvalue weighted by Gasteiger charge is -2.05. The fraction of sp³-hybridized carbons (Fsp3) is 0.111. The monoisotopic (exact) mass is 407 g/mol. The maximum Gasteiger partial charge on any atom is 0.205 e. The van der Waals surface area contributed by atoms with Gasteiger partial charge in [0, 0.05) is 22.9 Å². The van der Waals surface area contributed by atoms with Gasteiger partial charge in [-0.15, -0.1) is 23.1 Å². The van der Waals surface area contributed by atoms with Crippen LogP contribution in [0.1, 0.15) is 5.56 Å². The highest BCUT2D eigenvalue weighted by molar-refractivity contribution is 7.98. The molecule has 0 atom stereocenters. The minimum atomic E-state index is 0.517. The normalized spacial score (nSPS) is 12.2. The zero-order valence-electron chi connectivity index (χ0n) is 13.6. The zero-order valence-corrected chi connectivity index (χ0v) is 16.8. The van der Waals surface area contributed by atoms with Crippen LogP contribution in [0.2, 0.25) is 10.0 Å². The fourth-order valence-electron chi connectivity index (χ4n) is 2.23. The SMILES string of the molecule is CN=c1scc(-c2ccc(Cl)c(Cl)c2)n1N=Cc1ccc(SC)cc1. The standard InChI is InChI=1S/C18H15Cl2N3S2/c1-21-18-23(22-10-12-3-6-14(24-2)7-4-12)17(11-25-18)13-5-8-15(19)16(20)9-13/h3-11H,1-2H3. The van der Waals surface area contributed by atoms with Crippen LogP contribution in [-0.4, -0.2) is 24.2 Å². The average molecular weight is 408 g/mol. The van der Waals surface area contributed by atoms with E-state index in [1.54, 1.807) is 24.9 Å². The van der Waals surface area contributed by atoms with Gasteiger partial charge >= 0.3 is 0 Å². The third kappa shape index (κ3) is 4.18. The van der Waals surface area contributed by atoms with Crippen molar-refractivity contribution in [2.24, 2.45) is 10.1 Å². The smallest absolute Gasteiger partial charge is 0.205 e. The number of rotatable bonds is 4. The molecule has 0 fully saturated rings. The van der Waals surface area contributed by atoms with Crippen molar-refractivity contribution >= 4 is 52.5 Å². The van der Waals surface area contributed by atoms with E-state index >= 15 is 0 Å². The summed E-state index contributed by atoms with van der Waals surface area (Å²) in [5.41, 5.74) is 2.88. The molecule has 0 spiro atoms. The number of halogens is 2. The molecule has 0 saturated carbocycles. The summed E-state index contributed by atoms with van der Waals surface area (Å²) in [5, 5.41) is 7.68. The van der Waals surface area contributed by atoms with Crippen molar-refractivity contribution < 1.29 is 0 Å². The summed E-state index contributed by atoms with van der Waals surface area (Å²) < 4.78 is 1.81. The Labute approximate surface area is 164 Å². The summed E-state index contributed by atoms with van der Waals surface area (Å²) >= 11 is 15.4. The molecule has 7 heteroatoms. The zero-order chi connectivity index (χ0) is 17.8. The number of aromatic nitrogens is 1. The van der Waals surface area contributed by atoms with E-state index in [0.29, 0.717) is 10.0 Å². The molecule has 0 radical (unpaired) electrons. The van der Waals surface area contributed by atoms with Crippen molar-refractivity contribution in [3.63, 3.8) is 0 Å². The van der Waals surface area contributed by atoms with Gasteiger partial charge in [0.25, 0.3) is 0 Å². The van der Waals surface area contributed by atoms with Crippen LogP contribution in [0.15, 0.2) is 62.8 Å². The summed E-state index contributed by atoms with van der Waals surface area (Å²) in [6, 6.07) is 13.8. The number of thioether (sulfide) groups is 1. The van der Waals surface area contributed by atoms with Crippen molar-refractivity contribution in [2.45, 2.75) is 4.90 Å². The van der Waals surface area contributed by atoms with Crippen molar-refractivity contribution in [1.82, 2.24) is 4.68 Å². The third-order valence-corrected chi connectivity index (χ3v) is 5.92. The molecule has 0 aliphatic rings. The van der Waals surface area contributed by atoms with Crippen LogP contribution in [0, 0.1) is 0 Å². The molecule has 0 saturated heterocycles. The van der Waals surface area contributed by atoms with E-state index < -0.39 is 0 Å². The molecular weight excluding hydrogens is 393 g/mol. The molecule has 3 aromatic rings. The van der Waals surface area contributed by atoms with Crippen LogP contribution in [0.3, 0.4) is 0 Å². The first-order valence-electron chi connectivity index (χ1n) is 7.39. The van der Waals surface area contributed by atoms with Crippen molar-refractivity contribution in [3.8, 4) is 11.3 Å². The predicted octanol–water partition coefficient (Wildman–Crippen LogP) is 5.66. The highest BCUT2D eigenvalue weighted by Gasteiger charge is 2.09. The fourth-order valence-corrected chi connectivity index (χ4v) is 3.74. The van der Waals surface area contributed by atoms with Crippen LogP contribution in [0.25, 0.3) is 11.3 Å². The minimum absolute atomic E-state index is 0.517. The van der Waals surface area contributed by atoms with Gasteiger partial charge in [-0.25, -0.2) is 4.68 Å². The number of benzene rings is 2. The van der Waals surface area contributed by atoms with E-state index in [-0.39, 0.29) is 0 Å². The second kappa shape index (κ2) is 8.23. The highest BCUT2D eigenvalue weighted by atomic mass is 35.5. The van der Waals surface area contributed by atoms with Gasteiger partial charge in [0.15, 0.2) is 0 Å². The molecule has 3 nitrogen and oxygen atoms in total. The van der Waals surface area contributed by atoms with Gasteiger partial charge in [0.05, 0.1) is 22.0 Å². The first-order chi connectivity index (χ1) is 12.1. The Balaban J connectivity index is 2.01. The highest BCUT2D eigenvalue weighted by Crippen LogP contribution is 2.28. The molecule has 0 bridgehead atoms. The quantitative estimate of drug-likeness (QED) is 0.405. The number of hydrogen-bond acceptors (Lipinski definition) is 4. The molecule has 0 N–H and O–H groups in total. The molecule has 128 valence electrons. The molecule has 0 unspecified atom stereocenters. The number of nitrogens with zero attached hydrogens (tertiary/aromatic N) is 3. The van der Waals surface area contributed by atoms with Gasteiger partial charge in [0.1, 0.15) is 0 Å². The van der Waals surface area contributed by atoms with Crippen LogP contribution in [-0.2, 0) is 0 Å². The van der Waals surface area contributed by atoms with E-state index in [2.05, 4.69) is 28.5 Å². The molecule has 3 rings (SSSR count). The minimum Gasteiger partial charge on any atom is -0.261 e. The molecule has 0 aliphatic carbocycles. The molecule has 1 aromatic heterocycles. The van der Waals surface area contributed by atoms with Gasteiger partial charge in [0.2, 0.25) is 4.80 Å². The van der Waals surface area contributed by atoms with E-state index in [1.165, 1.54) is 16.2 Å². The summed E-state index contributed by atoms with van der Waals surface area (Å²) in [7, 11) is 1.75. The van der Waals surface area contributed by atoms with Gasteiger partial charge in [-0.05, 0) is 36.1 Å².